The SMILES string of the molecule is CCC(C)(C)NC1C(C)CCCC1C. The van der Waals surface area contributed by atoms with Gasteiger partial charge in [-0.3, -0.25) is 0 Å². The van der Waals surface area contributed by atoms with Gasteiger partial charge >= 0.3 is 0 Å². The van der Waals surface area contributed by atoms with Crippen LogP contribution in [0, 0.1) is 11.8 Å². The Hall–Kier alpha value is -0.0400. The van der Waals surface area contributed by atoms with Gasteiger partial charge in [-0.15, -0.1) is 0 Å². The van der Waals surface area contributed by atoms with Gasteiger partial charge in [0.1, 0.15) is 0 Å². The van der Waals surface area contributed by atoms with E-state index in [9.17, 15) is 0 Å². The molecule has 1 N–H and O–H groups in total. The van der Waals surface area contributed by atoms with Gasteiger partial charge in [-0.2, -0.15) is 0 Å². The number of hydrogen-bond acceptors (Lipinski definition) is 1. The smallest absolute Gasteiger partial charge is 0.0125 e. The largest absolute Gasteiger partial charge is 0.309 e. The summed E-state index contributed by atoms with van der Waals surface area (Å²) in [5.74, 6) is 1.70. The van der Waals surface area contributed by atoms with Crippen molar-refractivity contribution in [1.82, 2.24) is 5.32 Å². The molecule has 1 fully saturated rings. The summed E-state index contributed by atoms with van der Waals surface area (Å²) in [7, 11) is 0. The average Bonchev–Trinajstić information content (AvgIpc) is 2.12. The molecule has 1 aliphatic rings. The highest BCUT2D eigenvalue weighted by Gasteiger charge is 2.31. The van der Waals surface area contributed by atoms with Crippen LogP contribution in [-0.2, 0) is 0 Å². The summed E-state index contributed by atoms with van der Waals surface area (Å²) in [4.78, 5) is 0. The molecular weight excluding hydrogens is 170 g/mol. The molecule has 0 aromatic rings. The Bertz CT molecular complexity index is 164. The second-order valence-electron chi connectivity index (χ2n) is 5.79. The van der Waals surface area contributed by atoms with Gasteiger partial charge in [0.05, 0.1) is 0 Å². The minimum absolute atomic E-state index is 0.310. The molecule has 1 aliphatic carbocycles. The van der Waals surface area contributed by atoms with Crippen molar-refractivity contribution in [1.29, 1.82) is 0 Å². The molecule has 0 aliphatic heterocycles. The summed E-state index contributed by atoms with van der Waals surface area (Å²) in [5.41, 5.74) is 0.310. The van der Waals surface area contributed by atoms with E-state index in [1.807, 2.05) is 0 Å². The van der Waals surface area contributed by atoms with Crippen LogP contribution < -0.4 is 5.32 Å². The first kappa shape index (κ1) is 12.0. The van der Waals surface area contributed by atoms with Crippen LogP contribution in [0.25, 0.3) is 0 Å². The zero-order chi connectivity index (χ0) is 10.8. The normalized spacial score (nSPS) is 34.5. The van der Waals surface area contributed by atoms with E-state index in [1.165, 1.54) is 25.7 Å². The van der Waals surface area contributed by atoms with Crippen LogP contribution in [0.5, 0.6) is 0 Å². The maximum absolute atomic E-state index is 3.84. The highest BCUT2D eigenvalue weighted by molar-refractivity contribution is 4.89. The Morgan fingerprint density at radius 1 is 1.14 bits per heavy atom. The fraction of sp³-hybridized carbons (Fsp3) is 1.00. The number of rotatable bonds is 3. The zero-order valence-corrected chi connectivity index (χ0v) is 10.6. The van der Waals surface area contributed by atoms with E-state index in [-0.39, 0.29) is 0 Å². The first-order valence-electron chi connectivity index (χ1n) is 6.24. The Labute approximate surface area is 89.7 Å². The first-order valence-corrected chi connectivity index (χ1v) is 6.24. The molecule has 0 heterocycles. The average molecular weight is 197 g/mol. The van der Waals surface area contributed by atoms with Crippen molar-refractivity contribution >= 4 is 0 Å². The van der Waals surface area contributed by atoms with Crippen molar-refractivity contribution in [2.75, 3.05) is 0 Å². The van der Waals surface area contributed by atoms with Gasteiger partial charge in [-0.25, -0.2) is 0 Å². The predicted octanol–water partition coefficient (Wildman–Crippen LogP) is 3.59. The molecular formula is C13H27N. The number of hydrogen-bond donors (Lipinski definition) is 1. The fourth-order valence-corrected chi connectivity index (χ4v) is 2.52. The molecule has 1 rings (SSSR count). The van der Waals surface area contributed by atoms with Crippen molar-refractivity contribution in [2.24, 2.45) is 11.8 Å². The second kappa shape index (κ2) is 4.65. The highest BCUT2D eigenvalue weighted by atomic mass is 15.0. The highest BCUT2D eigenvalue weighted by Crippen LogP contribution is 2.30. The minimum Gasteiger partial charge on any atom is -0.309 e. The van der Waals surface area contributed by atoms with E-state index in [2.05, 4.69) is 39.9 Å². The van der Waals surface area contributed by atoms with Gasteiger partial charge in [-0.1, -0.05) is 27.2 Å². The molecule has 0 bridgehead atoms. The van der Waals surface area contributed by atoms with Crippen molar-refractivity contribution in [3.8, 4) is 0 Å². The lowest BCUT2D eigenvalue weighted by Crippen LogP contribution is -2.52. The summed E-state index contributed by atoms with van der Waals surface area (Å²) >= 11 is 0. The molecule has 0 spiro atoms. The summed E-state index contributed by atoms with van der Waals surface area (Å²) in [6.07, 6.45) is 5.44. The maximum atomic E-state index is 3.84. The lowest BCUT2D eigenvalue weighted by Gasteiger charge is -2.41. The zero-order valence-electron chi connectivity index (χ0n) is 10.6. The summed E-state index contributed by atoms with van der Waals surface area (Å²) in [6.45, 7) is 11.7. The van der Waals surface area contributed by atoms with Crippen LogP contribution >= 0.6 is 0 Å². The Kier molecular flexibility index (Phi) is 4.00. The Balaban J connectivity index is 2.56. The molecule has 0 radical (unpaired) electrons. The van der Waals surface area contributed by atoms with E-state index in [0.717, 1.165) is 17.9 Å². The van der Waals surface area contributed by atoms with Crippen LogP contribution in [0.1, 0.15) is 60.3 Å². The van der Waals surface area contributed by atoms with Crippen LogP contribution in [-0.4, -0.2) is 11.6 Å². The van der Waals surface area contributed by atoms with Crippen LogP contribution in [0.4, 0.5) is 0 Å². The molecule has 1 nitrogen and oxygen atoms in total. The topological polar surface area (TPSA) is 12.0 Å². The molecule has 84 valence electrons. The van der Waals surface area contributed by atoms with Crippen LogP contribution in [0.3, 0.4) is 0 Å². The van der Waals surface area contributed by atoms with Gasteiger partial charge in [0, 0.05) is 11.6 Å². The number of nitrogens with one attached hydrogen (secondary N) is 1. The second-order valence-corrected chi connectivity index (χ2v) is 5.79. The molecule has 2 unspecified atom stereocenters. The molecule has 14 heavy (non-hydrogen) atoms. The van der Waals surface area contributed by atoms with Crippen molar-refractivity contribution in [3.63, 3.8) is 0 Å². The van der Waals surface area contributed by atoms with Crippen molar-refractivity contribution in [2.45, 2.75) is 71.9 Å². The third-order valence-electron chi connectivity index (χ3n) is 3.99. The van der Waals surface area contributed by atoms with Crippen LogP contribution in [0.15, 0.2) is 0 Å². The van der Waals surface area contributed by atoms with Gasteiger partial charge in [0.25, 0.3) is 0 Å². The lowest BCUT2D eigenvalue weighted by molar-refractivity contribution is 0.165. The maximum Gasteiger partial charge on any atom is 0.0125 e. The molecule has 1 heteroatoms. The van der Waals surface area contributed by atoms with E-state index in [4.69, 9.17) is 0 Å². The molecule has 1 saturated carbocycles. The van der Waals surface area contributed by atoms with Gasteiger partial charge < -0.3 is 5.32 Å². The van der Waals surface area contributed by atoms with E-state index < -0.39 is 0 Å². The monoisotopic (exact) mass is 197 g/mol. The molecule has 0 saturated heterocycles. The quantitative estimate of drug-likeness (QED) is 0.729. The third-order valence-corrected chi connectivity index (χ3v) is 3.99. The molecule has 2 atom stereocenters. The molecule has 0 amide bonds. The summed E-state index contributed by atoms with van der Waals surface area (Å²) in [6, 6.07) is 0.735. The van der Waals surface area contributed by atoms with E-state index in [0.29, 0.717) is 5.54 Å². The van der Waals surface area contributed by atoms with Gasteiger partial charge in [-0.05, 0) is 44.9 Å². The Morgan fingerprint density at radius 2 is 1.64 bits per heavy atom. The minimum atomic E-state index is 0.310. The molecule has 0 aromatic carbocycles. The van der Waals surface area contributed by atoms with Crippen LogP contribution in [0.2, 0.25) is 0 Å². The first-order chi connectivity index (χ1) is 6.46. The van der Waals surface area contributed by atoms with Crippen molar-refractivity contribution in [3.05, 3.63) is 0 Å². The fourth-order valence-electron chi connectivity index (χ4n) is 2.52. The third kappa shape index (κ3) is 2.98. The predicted molar refractivity (Wildman–Crippen MR) is 63.5 cm³/mol. The summed E-state index contributed by atoms with van der Waals surface area (Å²) < 4.78 is 0. The standard InChI is InChI=1S/C13H27N/c1-6-13(4,5)14-12-10(2)8-7-9-11(12)3/h10-12,14H,6-9H2,1-5H3. The molecule has 0 aromatic heterocycles. The summed E-state index contributed by atoms with van der Waals surface area (Å²) in [5, 5.41) is 3.84. The lowest BCUT2D eigenvalue weighted by atomic mass is 9.77. The van der Waals surface area contributed by atoms with Crippen molar-refractivity contribution < 1.29 is 0 Å². The Morgan fingerprint density at radius 3 is 2.07 bits per heavy atom. The van der Waals surface area contributed by atoms with Gasteiger partial charge in [0.15, 0.2) is 0 Å². The van der Waals surface area contributed by atoms with E-state index >= 15 is 0 Å². The van der Waals surface area contributed by atoms with E-state index in [1.54, 1.807) is 0 Å². The van der Waals surface area contributed by atoms with Gasteiger partial charge in [0.2, 0.25) is 0 Å².